The molecule has 0 unspecified atom stereocenters. The highest BCUT2D eigenvalue weighted by Crippen LogP contribution is 2.41. The predicted molar refractivity (Wildman–Crippen MR) is 163 cm³/mol. The third-order valence-corrected chi connectivity index (χ3v) is 8.03. The molecule has 0 aliphatic heterocycles. The Morgan fingerprint density at radius 1 is 0.829 bits per heavy atom. The van der Waals surface area contributed by atoms with Crippen LogP contribution in [0.5, 0.6) is 17.2 Å². The molecule has 2 N–H and O–H groups in total. The summed E-state index contributed by atoms with van der Waals surface area (Å²) in [6.07, 6.45) is 0.934. The number of unbranched alkanes of at least 4 members (excludes halogenated alkanes) is 1. The molecule has 9 heteroatoms. The lowest BCUT2D eigenvalue weighted by molar-refractivity contribution is 0.104. The maximum absolute atomic E-state index is 13.9. The number of amides is 1. The van der Waals surface area contributed by atoms with Crippen molar-refractivity contribution in [1.82, 2.24) is 4.90 Å². The Morgan fingerprint density at radius 2 is 1.51 bits per heavy atom. The summed E-state index contributed by atoms with van der Waals surface area (Å²) >= 11 is 1.57. The van der Waals surface area contributed by atoms with Gasteiger partial charge in [0.05, 0.1) is 20.8 Å². The highest BCUT2D eigenvalue weighted by molar-refractivity contribution is 7.22. The normalized spacial score (nSPS) is 11.0. The monoisotopic (exact) mass is 576 g/mol. The third-order valence-electron chi connectivity index (χ3n) is 6.83. The molecule has 8 nitrogen and oxygen atoms in total. The van der Waals surface area contributed by atoms with Gasteiger partial charge in [-0.3, -0.25) is 4.79 Å². The van der Waals surface area contributed by atoms with Gasteiger partial charge in [-0.05, 0) is 98.2 Å². The second-order valence-corrected chi connectivity index (χ2v) is 10.5. The van der Waals surface area contributed by atoms with Gasteiger partial charge in [-0.2, -0.15) is 0 Å². The molecule has 0 fully saturated rings. The molecule has 0 spiro atoms. The maximum atomic E-state index is 13.9. The molecule has 0 saturated heterocycles. The lowest BCUT2D eigenvalue weighted by Gasteiger charge is -2.20. The summed E-state index contributed by atoms with van der Waals surface area (Å²) in [5.74, 6) is 2.18. The Balaban J connectivity index is 1.45. The number of ketones is 1. The van der Waals surface area contributed by atoms with Gasteiger partial charge in [0.25, 0.3) is 0 Å². The van der Waals surface area contributed by atoms with Crippen LogP contribution in [0, 0.1) is 0 Å². The first-order chi connectivity index (χ1) is 19.9. The molecule has 4 rings (SSSR count). The predicted octanol–water partition coefficient (Wildman–Crippen LogP) is 6.39. The molecule has 1 heterocycles. The van der Waals surface area contributed by atoms with Crippen LogP contribution in [0.1, 0.15) is 35.7 Å². The van der Waals surface area contributed by atoms with E-state index in [4.69, 9.17) is 24.7 Å². The number of carbonyl (C=O) groups is 2. The van der Waals surface area contributed by atoms with Gasteiger partial charge < -0.3 is 29.6 Å². The van der Waals surface area contributed by atoms with E-state index in [2.05, 4.69) is 11.8 Å². The summed E-state index contributed by atoms with van der Waals surface area (Å²) in [6.45, 7) is 5.51. The minimum absolute atomic E-state index is 0.0451. The van der Waals surface area contributed by atoms with Gasteiger partial charge in [-0.25, -0.2) is 4.79 Å². The molecule has 0 aliphatic rings. The average molecular weight is 577 g/mol. The number of nitrogens with zero attached hydrogens (tertiary/aromatic N) is 1. The number of ether oxygens (including phenoxy) is 4. The topological polar surface area (TPSA) is 100 Å². The molecule has 216 valence electrons. The Hall–Kier alpha value is -4.08. The maximum Gasteiger partial charge on any atom is 0.404 e. The zero-order chi connectivity index (χ0) is 29.2. The third kappa shape index (κ3) is 7.77. The summed E-state index contributed by atoms with van der Waals surface area (Å²) in [4.78, 5) is 27.7. The van der Waals surface area contributed by atoms with Gasteiger partial charge in [-0.1, -0.05) is 6.92 Å². The summed E-state index contributed by atoms with van der Waals surface area (Å²) in [5.41, 5.74) is 7.21. The van der Waals surface area contributed by atoms with Crippen molar-refractivity contribution in [1.29, 1.82) is 0 Å². The number of likely N-dealkylation sites (N-methyl/N-ethyl adjacent to an activating group) is 1. The average Bonchev–Trinajstić information content (AvgIpc) is 3.38. The fraction of sp³-hybridized carbons (Fsp3) is 0.312. The van der Waals surface area contributed by atoms with E-state index in [1.54, 1.807) is 25.6 Å². The SMILES string of the molecule is CCN(CCCCOC(N)=O)CCOc1ccc(C(=O)c2c(-c3ccc(OC)cc3)sc3cc(OC)ccc23)cc1. The number of primary amides is 1. The van der Waals surface area contributed by atoms with Crippen molar-refractivity contribution in [3.63, 3.8) is 0 Å². The Morgan fingerprint density at radius 3 is 2.17 bits per heavy atom. The molecule has 3 aromatic carbocycles. The van der Waals surface area contributed by atoms with Gasteiger partial charge >= 0.3 is 6.09 Å². The van der Waals surface area contributed by atoms with Crippen molar-refractivity contribution in [2.45, 2.75) is 19.8 Å². The fourth-order valence-electron chi connectivity index (χ4n) is 4.55. The van der Waals surface area contributed by atoms with Crippen molar-refractivity contribution in [2.75, 3.05) is 47.1 Å². The van der Waals surface area contributed by atoms with Crippen LogP contribution >= 0.6 is 11.3 Å². The highest BCUT2D eigenvalue weighted by Gasteiger charge is 2.22. The van der Waals surface area contributed by atoms with E-state index in [-0.39, 0.29) is 5.78 Å². The van der Waals surface area contributed by atoms with Crippen molar-refractivity contribution < 1.29 is 28.5 Å². The zero-order valence-corrected chi connectivity index (χ0v) is 24.5. The smallest absolute Gasteiger partial charge is 0.404 e. The minimum atomic E-state index is -0.736. The summed E-state index contributed by atoms with van der Waals surface area (Å²) in [5, 5.41) is 0.896. The van der Waals surface area contributed by atoms with Crippen LogP contribution in [-0.2, 0) is 4.74 Å². The largest absolute Gasteiger partial charge is 0.497 e. The number of benzene rings is 3. The molecular formula is C32H36N2O6S. The van der Waals surface area contributed by atoms with Crippen LogP contribution in [0.15, 0.2) is 66.7 Å². The molecule has 0 aliphatic carbocycles. The minimum Gasteiger partial charge on any atom is -0.497 e. The molecular weight excluding hydrogens is 540 g/mol. The van der Waals surface area contributed by atoms with E-state index in [0.29, 0.717) is 30.1 Å². The highest BCUT2D eigenvalue weighted by atomic mass is 32.1. The quantitative estimate of drug-likeness (QED) is 0.129. The first-order valence-corrected chi connectivity index (χ1v) is 14.4. The van der Waals surface area contributed by atoms with Gasteiger partial charge in [0.1, 0.15) is 23.9 Å². The van der Waals surface area contributed by atoms with E-state index >= 15 is 0 Å². The lowest BCUT2D eigenvalue weighted by atomic mass is 9.97. The first-order valence-electron chi connectivity index (χ1n) is 13.6. The van der Waals surface area contributed by atoms with E-state index in [0.717, 1.165) is 64.5 Å². The second kappa shape index (κ2) is 14.5. The van der Waals surface area contributed by atoms with Crippen LogP contribution in [-0.4, -0.2) is 63.8 Å². The van der Waals surface area contributed by atoms with Gasteiger partial charge in [-0.15, -0.1) is 11.3 Å². The van der Waals surface area contributed by atoms with Crippen molar-refractivity contribution in [3.8, 4) is 27.7 Å². The van der Waals surface area contributed by atoms with Gasteiger partial charge in [0, 0.05) is 32.6 Å². The zero-order valence-electron chi connectivity index (χ0n) is 23.7. The fourth-order valence-corrected chi connectivity index (χ4v) is 5.79. The van der Waals surface area contributed by atoms with Gasteiger partial charge in [0.15, 0.2) is 5.78 Å². The number of hydrogen-bond donors (Lipinski definition) is 1. The Bertz CT molecular complexity index is 1450. The van der Waals surface area contributed by atoms with E-state index in [9.17, 15) is 9.59 Å². The molecule has 0 radical (unpaired) electrons. The lowest BCUT2D eigenvalue weighted by Crippen LogP contribution is -2.29. The molecule has 0 atom stereocenters. The van der Waals surface area contributed by atoms with Crippen LogP contribution in [0.3, 0.4) is 0 Å². The number of thiophene rings is 1. The van der Waals surface area contributed by atoms with Crippen molar-refractivity contribution in [2.24, 2.45) is 5.73 Å². The number of fused-ring (bicyclic) bond motifs is 1. The molecule has 1 amide bonds. The Kier molecular flexibility index (Phi) is 10.6. The number of rotatable bonds is 15. The molecule has 0 saturated carbocycles. The van der Waals surface area contributed by atoms with Crippen LogP contribution in [0.2, 0.25) is 0 Å². The van der Waals surface area contributed by atoms with Crippen LogP contribution < -0.4 is 19.9 Å². The van der Waals surface area contributed by atoms with Crippen molar-refractivity contribution in [3.05, 3.63) is 77.9 Å². The number of nitrogens with two attached hydrogens (primary N) is 1. The summed E-state index contributed by atoms with van der Waals surface area (Å²) < 4.78 is 22.5. The summed E-state index contributed by atoms with van der Waals surface area (Å²) in [7, 11) is 3.27. The molecule has 4 aromatic rings. The molecule has 0 bridgehead atoms. The number of methoxy groups -OCH3 is 2. The summed E-state index contributed by atoms with van der Waals surface area (Å²) in [6, 6.07) is 20.9. The molecule has 41 heavy (non-hydrogen) atoms. The van der Waals surface area contributed by atoms with Crippen LogP contribution in [0.4, 0.5) is 4.79 Å². The molecule has 1 aromatic heterocycles. The standard InChI is InChI=1S/C32H36N2O6S/c1-4-34(17-5-6-19-40-32(33)36)18-20-39-25-13-7-22(8-14-25)30(35)29-27-16-15-26(38-3)21-28(27)41-31(29)23-9-11-24(37-2)12-10-23/h7-16,21H,4-6,17-20H2,1-3H3,(H2,33,36). The van der Waals surface area contributed by atoms with E-state index in [1.807, 2.05) is 66.7 Å². The van der Waals surface area contributed by atoms with Crippen LogP contribution in [0.25, 0.3) is 20.5 Å². The van der Waals surface area contributed by atoms with E-state index < -0.39 is 6.09 Å². The van der Waals surface area contributed by atoms with Crippen molar-refractivity contribution >= 4 is 33.3 Å². The number of carbonyl (C=O) groups excluding carboxylic acids is 2. The van der Waals surface area contributed by atoms with E-state index in [1.165, 1.54) is 0 Å². The number of hydrogen-bond acceptors (Lipinski definition) is 8. The van der Waals surface area contributed by atoms with Gasteiger partial charge in [0.2, 0.25) is 0 Å². The Labute approximate surface area is 244 Å². The second-order valence-electron chi connectivity index (χ2n) is 9.41. The first kappa shape index (κ1) is 29.9.